The van der Waals surface area contributed by atoms with Gasteiger partial charge in [0.2, 0.25) is 0 Å². The van der Waals surface area contributed by atoms with Crippen LogP contribution in [0.4, 0.5) is 0 Å². The molecule has 0 bridgehead atoms. The van der Waals surface area contributed by atoms with Crippen LogP contribution in [-0.2, 0) is 16.5 Å². The summed E-state index contributed by atoms with van der Waals surface area (Å²) in [7, 11) is -2.98. The van der Waals surface area contributed by atoms with Gasteiger partial charge in [-0.05, 0) is 42.0 Å². The van der Waals surface area contributed by atoms with E-state index in [4.69, 9.17) is 4.74 Å². The first kappa shape index (κ1) is 28.4. The van der Waals surface area contributed by atoms with Crippen LogP contribution in [0.1, 0.15) is 89.5 Å². The maximum Gasteiger partial charge on any atom is 1.00 e. The van der Waals surface area contributed by atoms with Gasteiger partial charge < -0.3 is 9.29 Å². The fourth-order valence-corrected chi connectivity index (χ4v) is 4.83. The molecule has 0 amide bonds. The Kier molecular flexibility index (Phi) is 14.0. The third kappa shape index (κ3) is 9.83. The Morgan fingerprint density at radius 3 is 1.90 bits per heavy atom. The monoisotopic (exact) mass is 456 g/mol. The summed E-state index contributed by atoms with van der Waals surface area (Å²) in [5.74, 6) is 0.578. The number of fused-ring (bicyclic) bond motifs is 1. The summed E-state index contributed by atoms with van der Waals surface area (Å²) in [4.78, 5) is -0.109. The second-order valence-corrected chi connectivity index (χ2v) is 9.58. The Morgan fingerprint density at radius 2 is 1.39 bits per heavy atom. The summed E-state index contributed by atoms with van der Waals surface area (Å²) in [6.45, 7) is 2.25. The van der Waals surface area contributed by atoms with Gasteiger partial charge in [-0.1, -0.05) is 89.7 Å². The van der Waals surface area contributed by atoms with Crippen molar-refractivity contribution in [2.75, 3.05) is 7.11 Å². The number of aryl methyl sites for hydroxylation is 1. The maximum absolute atomic E-state index is 11.8. The molecule has 0 aliphatic heterocycles. The smallest absolute Gasteiger partial charge is 0.744 e. The van der Waals surface area contributed by atoms with Crippen molar-refractivity contribution in [2.24, 2.45) is 0 Å². The van der Waals surface area contributed by atoms with Crippen LogP contribution in [0.2, 0.25) is 0 Å². The molecule has 31 heavy (non-hydrogen) atoms. The number of hydrogen-bond donors (Lipinski definition) is 0. The Labute approximate surface area is 211 Å². The molecule has 0 spiro atoms. The van der Waals surface area contributed by atoms with Gasteiger partial charge in [-0.25, -0.2) is 8.42 Å². The van der Waals surface area contributed by atoms with E-state index in [0.29, 0.717) is 23.1 Å². The van der Waals surface area contributed by atoms with Gasteiger partial charge in [0.15, 0.2) is 0 Å². The molecule has 2 aromatic rings. The van der Waals surface area contributed by atoms with Gasteiger partial charge in [-0.2, -0.15) is 0 Å². The number of benzene rings is 2. The van der Waals surface area contributed by atoms with E-state index < -0.39 is 10.1 Å². The molecule has 2 aromatic carbocycles. The summed E-state index contributed by atoms with van der Waals surface area (Å²) in [6, 6.07) is 8.88. The van der Waals surface area contributed by atoms with E-state index in [2.05, 4.69) is 6.92 Å². The molecule has 0 unspecified atom stereocenters. The van der Waals surface area contributed by atoms with Gasteiger partial charge >= 0.3 is 29.6 Å². The van der Waals surface area contributed by atoms with Crippen LogP contribution in [0.25, 0.3) is 10.8 Å². The van der Waals surface area contributed by atoms with Crippen LogP contribution in [0, 0.1) is 0 Å². The largest absolute Gasteiger partial charge is 1.00 e. The summed E-state index contributed by atoms with van der Waals surface area (Å²) in [6.07, 6.45) is 15.7. The molecule has 4 nitrogen and oxygen atoms in total. The molecular formula is C25H37NaO4S. The van der Waals surface area contributed by atoms with Gasteiger partial charge in [-0.3, -0.25) is 0 Å². The van der Waals surface area contributed by atoms with Crippen molar-refractivity contribution >= 4 is 20.9 Å². The Balaban J connectivity index is 0.00000480. The molecule has 0 aromatic heterocycles. The molecule has 0 aliphatic carbocycles. The minimum atomic E-state index is -4.52. The van der Waals surface area contributed by atoms with Gasteiger partial charge in [0.05, 0.1) is 12.0 Å². The van der Waals surface area contributed by atoms with E-state index >= 15 is 0 Å². The SMILES string of the molecule is CCCCCCCCCCCCCCc1cc2cccc(OC)c2cc1S(=O)(=O)[O-].[Na+]. The van der Waals surface area contributed by atoms with E-state index in [9.17, 15) is 13.0 Å². The first-order valence-electron chi connectivity index (χ1n) is 11.5. The first-order valence-corrected chi connectivity index (χ1v) is 12.9. The number of unbranched alkanes of at least 4 members (excludes halogenated alkanes) is 11. The molecule has 0 saturated heterocycles. The predicted molar refractivity (Wildman–Crippen MR) is 123 cm³/mol. The second-order valence-electron chi connectivity index (χ2n) is 8.23. The Morgan fingerprint density at radius 1 is 0.839 bits per heavy atom. The third-order valence-electron chi connectivity index (χ3n) is 5.81. The van der Waals surface area contributed by atoms with Crippen molar-refractivity contribution in [3.63, 3.8) is 0 Å². The van der Waals surface area contributed by atoms with Crippen LogP contribution < -0.4 is 34.3 Å². The van der Waals surface area contributed by atoms with Crippen LogP contribution in [0.5, 0.6) is 5.75 Å². The van der Waals surface area contributed by atoms with E-state index in [1.807, 2.05) is 18.2 Å². The molecule has 168 valence electrons. The molecule has 0 radical (unpaired) electrons. The zero-order valence-electron chi connectivity index (χ0n) is 19.6. The average molecular weight is 457 g/mol. The summed E-state index contributed by atoms with van der Waals surface area (Å²) in [5.41, 5.74) is 0.623. The zero-order chi connectivity index (χ0) is 21.8. The Hall–Kier alpha value is -0.590. The van der Waals surface area contributed by atoms with Crippen LogP contribution in [0.15, 0.2) is 35.2 Å². The van der Waals surface area contributed by atoms with E-state index in [-0.39, 0.29) is 34.5 Å². The van der Waals surface area contributed by atoms with Crippen molar-refractivity contribution in [1.82, 2.24) is 0 Å². The average Bonchev–Trinajstić information content (AvgIpc) is 2.72. The normalized spacial score (nSPS) is 11.5. The van der Waals surface area contributed by atoms with Crippen LogP contribution in [-0.4, -0.2) is 20.1 Å². The van der Waals surface area contributed by atoms with Gasteiger partial charge in [0.1, 0.15) is 15.9 Å². The third-order valence-corrected chi connectivity index (χ3v) is 6.73. The van der Waals surface area contributed by atoms with Crippen molar-refractivity contribution in [3.05, 3.63) is 35.9 Å². The Bertz CT molecular complexity index is 880. The fourth-order valence-electron chi connectivity index (χ4n) is 4.09. The maximum atomic E-state index is 11.8. The summed E-state index contributed by atoms with van der Waals surface area (Å²) >= 11 is 0. The standard InChI is InChI=1S/C25H38O4S.Na/c1-3-4-5-6-7-8-9-10-11-12-13-14-16-22-19-21-17-15-18-24(29-2)23(21)20-25(22)30(26,27)28;/h15,17-20H,3-14,16H2,1-2H3,(H,26,27,28);/q;+1/p-1. The summed E-state index contributed by atoms with van der Waals surface area (Å²) < 4.78 is 40.8. The topological polar surface area (TPSA) is 66.4 Å². The predicted octanol–water partition coefficient (Wildman–Crippen LogP) is 4.00. The molecule has 0 atom stereocenters. The molecule has 2 rings (SSSR count). The quantitative estimate of drug-likeness (QED) is 0.231. The van der Waals surface area contributed by atoms with Crippen molar-refractivity contribution < 1.29 is 47.3 Å². The van der Waals surface area contributed by atoms with E-state index in [0.717, 1.165) is 24.6 Å². The van der Waals surface area contributed by atoms with Gasteiger partial charge in [0, 0.05) is 5.39 Å². The van der Waals surface area contributed by atoms with Crippen molar-refractivity contribution in [2.45, 2.75) is 95.3 Å². The molecule has 0 aliphatic rings. The van der Waals surface area contributed by atoms with Crippen molar-refractivity contribution in [1.29, 1.82) is 0 Å². The number of rotatable bonds is 15. The molecule has 6 heteroatoms. The molecular weight excluding hydrogens is 419 g/mol. The number of hydrogen-bond acceptors (Lipinski definition) is 4. The van der Waals surface area contributed by atoms with Gasteiger partial charge in [-0.15, -0.1) is 0 Å². The number of methoxy groups -OCH3 is 1. The van der Waals surface area contributed by atoms with Crippen LogP contribution in [0.3, 0.4) is 0 Å². The minimum absolute atomic E-state index is 0. The van der Waals surface area contributed by atoms with Crippen LogP contribution >= 0.6 is 0 Å². The zero-order valence-corrected chi connectivity index (χ0v) is 22.4. The van der Waals surface area contributed by atoms with Gasteiger partial charge in [0.25, 0.3) is 0 Å². The molecule has 0 fully saturated rings. The molecule has 0 N–H and O–H groups in total. The van der Waals surface area contributed by atoms with E-state index in [1.54, 1.807) is 13.2 Å². The van der Waals surface area contributed by atoms with E-state index in [1.165, 1.54) is 63.9 Å². The van der Waals surface area contributed by atoms with Crippen molar-refractivity contribution in [3.8, 4) is 5.75 Å². The number of ether oxygens (including phenoxy) is 1. The second kappa shape index (κ2) is 15.3. The molecule has 0 heterocycles. The molecule has 0 saturated carbocycles. The summed E-state index contributed by atoms with van der Waals surface area (Å²) in [5, 5.41) is 1.56. The first-order chi connectivity index (χ1) is 14.5. The minimum Gasteiger partial charge on any atom is -0.744 e. The fraction of sp³-hybridized carbons (Fsp3) is 0.600.